The van der Waals surface area contributed by atoms with E-state index in [-0.39, 0.29) is 11.3 Å². The van der Waals surface area contributed by atoms with Crippen molar-refractivity contribution in [2.75, 3.05) is 6.54 Å². The lowest BCUT2D eigenvalue weighted by molar-refractivity contribution is -0.436. The van der Waals surface area contributed by atoms with Crippen LogP contribution in [0.25, 0.3) is 38.5 Å². The second-order valence-corrected chi connectivity index (χ2v) is 11.6. The molecule has 0 spiro atoms. The molecule has 1 aliphatic rings. The number of carboxylic acids is 1. The molecule has 0 atom stereocenters. The molecule has 4 aromatic carbocycles. The van der Waals surface area contributed by atoms with Gasteiger partial charge in [0.1, 0.15) is 11.4 Å². The number of hydrogen-bond donors (Lipinski definition) is 2. The largest absolute Gasteiger partial charge is 0.481 e. The van der Waals surface area contributed by atoms with Gasteiger partial charge in [-0.1, -0.05) is 72.8 Å². The fourth-order valence-corrected chi connectivity index (χ4v) is 6.61. The zero-order valence-electron chi connectivity index (χ0n) is 22.9. The van der Waals surface area contributed by atoms with E-state index in [9.17, 15) is 17.8 Å². The molecule has 8 heteroatoms. The summed E-state index contributed by atoms with van der Waals surface area (Å²) in [4.78, 5) is 11.0. The van der Waals surface area contributed by atoms with Gasteiger partial charge in [-0.3, -0.25) is 9.35 Å². The quantitative estimate of drug-likeness (QED) is 0.129. The summed E-state index contributed by atoms with van der Waals surface area (Å²) < 4.78 is 38.1. The highest BCUT2D eigenvalue weighted by molar-refractivity contribution is 7.86. The maximum atomic E-state index is 12.0. The Hall–Kier alpha value is -4.79. The molecule has 42 heavy (non-hydrogen) atoms. The summed E-state index contributed by atoms with van der Waals surface area (Å²) in [5.41, 5.74) is 3.64. The number of hydrogen-bond acceptors (Lipinski definition) is 3. The second-order valence-electron chi connectivity index (χ2n) is 10.2. The highest BCUT2D eigenvalue weighted by Gasteiger charge is 2.32. The van der Waals surface area contributed by atoms with Crippen molar-refractivity contribution in [3.8, 4) is 0 Å². The van der Waals surface area contributed by atoms with Crippen molar-refractivity contribution in [3.05, 3.63) is 114 Å². The molecule has 2 N–H and O–H groups in total. The van der Waals surface area contributed by atoms with E-state index in [0.717, 1.165) is 27.7 Å². The maximum absolute atomic E-state index is 12.0. The van der Waals surface area contributed by atoms with Crippen LogP contribution in [0.2, 0.25) is 0 Å². The molecule has 1 aromatic heterocycles. The van der Waals surface area contributed by atoms with Gasteiger partial charge in [0.15, 0.2) is 0 Å². The minimum absolute atomic E-state index is 0.0189. The monoisotopic (exact) mass is 577 g/mol. The SMILES string of the molecule is Cn1\c(=C/C=C/C=C/C=C/C2=[N+](CCCC(=O)O)c3ccc(S(=O)(=O)O)c4cccc2c34)c2cccc3cccc1c32. The fourth-order valence-electron chi connectivity index (χ4n) is 5.92. The van der Waals surface area contributed by atoms with Crippen LogP contribution in [-0.2, 0) is 22.0 Å². The molecule has 1 aliphatic heterocycles. The van der Waals surface area contributed by atoms with Gasteiger partial charge in [0.05, 0.1) is 17.4 Å². The molecule has 5 aromatic rings. The molecule has 0 aliphatic carbocycles. The van der Waals surface area contributed by atoms with Crippen LogP contribution in [-0.4, -0.2) is 45.4 Å². The molecule has 0 amide bonds. The fraction of sp³-hybridized carbons (Fsp3) is 0.118. The lowest BCUT2D eigenvalue weighted by Gasteiger charge is -2.04. The van der Waals surface area contributed by atoms with Gasteiger partial charge in [-0.05, 0) is 29.7 Å². The lowest BCUT2D eigenvalue weighted by atomic mass is 10.0. The Morgan fingerprint density at radius 3 is 2.38 bits per heavy atom. The topological polar surface area (TPSA) is 99.6 Å². The molecule has 210 valence electrons. The Balaban J connectivity index is 1.30. The Morgan fingerprint density at radius 1 is 0.881 bits per heavy atom. The van der Waals surface area contributed by atoms with Crippen molar-refractivity contribution >= 4 is 66.0 Å². The van der Waals surface area contributed by atoms with Crippen molar-refractivity contribution in [3.63, 3.8) is 0 Å². The van der Waals surface area contributed by atoms with Gasteiger partial charge in [0.25, 0.3) is 10.1 Å². The number of aliphatic carboxylic acids is 1. The van der Waals surface area contributed by atoms with Gasteiger partial charge >= 0.3 is 5.97 Å². The van der Waals surface area contributed by atoms with Crippen LogP contribution in [0.4, 0.5) is 5.69 Å². The summed E-state index contributed by atoms with van der Waals surface area (Å²) in [6.45, 7) is 0.445. The van der Waals surface area contributed by atoms with E-state index >= 15 is 0 Å². The second kappa shape index (κ2) is 10.9. The van der Waals surface area contributed by atoms with E-state index in [2.05, 4.69) is 54.1 Å². The molecule has 0 radical (unpaired) electrons. The van der Waals surface area contributed by atoms with Crippen molar-refractivity contribution in [2.24, 2.45) is 7.05 Å². The van der Waals surface area contributed by atoms with E-state index in [4.69, 9.17) is 5.11 Å². The minimum atomic E-state index is -4.41. The van der Waals surface area contributed by atoms with Crippen molar-refractivity contribution in [1.29, 1.82) is 0 Å². The molecule has 0 saturated carbocycles. The Labute approximate surface area is 243 Å². The third-order valence-corrected chi connectivity index (χ3v) is 8.63. The van der Waals surface area contributed by atoms with Crippen molar-refractivity contribution in [1.82, 2.24) is 4.57 Å². The average molecular weight is 578 g/mol. The van der Waals surface area contributed by atoms with Gasteiger partial charge in [-0.2, -0.15) is 13.0 Å². The Morgan fingerprint density at radius 2 is 1.60 bits per heavy atom. The summed E-state index contributed by atoms with van der Waals surface area (Å²) in [6.07, 6.45) is 14.2. The maximum Gasteiger partial charge on any atom is 0.303 e. The number of carbonyl (C=O) groups is 1. The normalized spacial score (nSPS) is 14.4. The van der Waals surface area contributed by atoms with E-state index in [1.807, 2.05) is 47.1 Å². The van der Waals surface area contributed by atoms with Gasteiger partial charge < -0.3 is 9.67 Å². The van der Waals surface area contributed by atoms with E-state index < -0.39 is 16.1 Å². The first-order chi connectivity index (χ1) is 20.3. The summed E-state index contributed by atoms with van der Waals surface area (Å²) in [6, 6.07) is 21.1. The molecule has 2 heterocycles. The highest BCUT2D eigenvalue weighted by atomic mass is 32.2. The van der Waals surface area contributed by atoms with E-state index in [1.165, 1.54) is 27.7 Å². The Bertz CT molecular complexity index is 2180. The van der Waals surface area contributed by atoms with Crippen molar-refractivity contribution < 1.29 is 27.4 Å². The number of rotatable bonds is 9. The third kappa shape index (κ3) is 4.85. The predicted molar refractivity (Wildman–Crippen MR) is 167 cm³/mol. The number of nitrogens with zero attached hydrogens (tertiary/aromatic N) is 2. The number of carboxylic acid groups (broad SMARTS) is 1. The molecular weight excluding hydrogens is 548 g/mol. The van der Waals surface area contributed by atoms with Crippen LogP contribution >= 0.6 is 0 Å². The van der Waals surface area contributed by atoms with Gasteiger partial charge in [0, 0.05) is 52.6 Å². The molecule has 0 fully saturated rings. The van der Waals surface area contributed by atoms with E-state index in [1.54, 1.807) is 18.2 Å². The van der Waals surface area contributed by atoms with Crippen LogP contribution in [0.1, 0.15) is 18.4 Å². The number of benzene rings is 4. The zero-order chi connectivity index (χ0) is 29.4. The molecule has 0 bridgehead atoms. The molecule has 0 unspecified atom stereocenters. The highest BCUT2D eigenvalue weighted by Crippen LogP contribution is 2.38. The standard InChI is InChI=1S/C34H28N2O5S/c1-35-27(24-13-7-11-23-12-8-18-29(35)33(23)24)16-5-3-2-4-6-17-28-25-14-9-15-26-31(42(39,40)41)21-20-30(34(25)26)36(28)22-10-19-32(37)38/h2-9,11-18,20-21H,10,19,22H2,1H3,(H-,37,38,39,40,41)/p+1. The number of allylic oxidation sites excluding steroid dienone is 6. The first-order valence-electron chi connectivity index (χ1n) is 13.6. The minimum Gasteiger partial charge on any atom is -0.481 e. The van der Waals surface area contributed by atoms with Crippen molar-refractivity contribution in [2.45, 2.75) is 17.7 Å². The predicted octanol–water partition coefficient (Wildman–Crippen LogP) is 5.91. The Kier molecular flexibility index (Phi) is 7.10. The van der Waals surface area contributed by atoms with Gasteiger partial charge in [-0.25, -0.2) is 0 Å². The summed E-state index contributed by atoms with van der Waals surface area (Å²) in [5, 5.41) is 15.1. The molecule has 7 nitrogen and oxygen atoms in total. The summed E-state index contributed by atoms with van der Waals surface area (Å²) >= 11 is 0. The van der Waals surface area contributed by atoms with Crippen LogP contribution in [0.3, 0.4) is 0 Å². The van der Waals surface area contributed by atoms with Crippen LogP contribution in [0.5, 0.6) is 0 Å². The summed E-state index contributed by atoms with van der Waals surface area (Å²) in [5.74, 6) is -0.871. The third-order valence-electron chi connectivity index (χ3n) is 7.72. The smallest absolute Gasteiger partial charge is 0.303 e. The number of aromatic nitrogens is 1. The lowest BCUT2D eigenvalue weighted by Crippen LogP contribution is -2.14. The van der Waals surface area contributed by atoms with Gasteiger partial charge in [-0.15, -0.1) is 0 Å². The van der Waals surface area contributed by atoms with Crippen LogP contribution in [0, 0.1) is 0 Å². The van der Waals surface area contributed by atoms with E-state index in [0.29, 0.717) is 18.4 Å². The molecule has 6 rings (SSSR count). The zero-order valence-corrected chi connectivity index (χ0v) is 23.8. The van der Waals surface area contributed by atoms with Crippen LogP contribution < -0.4 is 5.35 Å². The summed E-state index contributed by atoms with van der Waals surface area (Å²) in [7, 11) is -2.34. The van der Waals surface area contributed by atoms with Crippen LogP contribution in [0.15, 0.2) is 108 Å². The average Bonchev–Trinajstić information content (AvgIpc) is 3.41. The number of aryl methyl sites for hydroxylation is 1. The molecule has 0 saturated heterocycles. The molecular formula is C34H29N2O5S+. The first kappa shape index (κ1) is 27.4. The first-order valence-corrected chi connectivity index (χ1v) is 15.1. The van der Waals surface area contributed by atoms with Gasteiger partial charge in [0.2, 0.25) is 11.4 Å².